The molecule has 1 fully saturated rings. The Bertz CT molecular complexity index is 1220. The van der Waals surface area contributed by atoms with Crippen LogP contribution in [0.25, 0.3) is 0 Å². The summed E-state index contributed by atoms with van der Waals surface area (Å²) in [6.45, 7) is 0.835. The van der Waals surface area contributed by atoms with E-state index in [0.29, 0.717) is 0 Å². The number of hydrogen-bond acceptors (Lipinski definition) is 10. The van der Waals surface area contributed by atoms with Crippen LogP contribution >= 0.6 is 23.5 Å². The third kappa shape index (κ3) is 6.31. The molecule has 0 amide bonds. The van der Waals surface area contributed by atoms with Gasteiger partial charge in [0.1, 0.15) is 12.2 Å². The number of aliphatic hydroxyl groups is 1. The van der Waals surface area contributed by atoms with E-state index in [1.54, 1.807) is 0 Å². The molecule has 0 aliphatic carbocycles. The molecule has 6 N–H and O–H groups in total. The lowest BCUT2D eigenvalue weighted by atomic mass is 9.95. The zero-order valence-electron chi connectivity index (χ0n) is 15.9. The Morgan fingerprint density at radius 3 is 2.33 bits per heavy atom. The largest absolute Gasteiger partial charge is 0.490 e. The van der Waals surface area contributed by atoms with Gasteiger partial charge in [-0.25, -0.2) is 22.9 Å². The number of alkyl halides is 1. The van der Waals surface area contributed by atoms with Gasteiger partial charge in [0.25, 0.3) is 5.56 Å². The maximum atomic E-state index is 15.3. The molecule has 33 heavy (non-hydrogen) atoms. The number of nitrogens with one attached hydrogen (secondary N) is 1. The molecule has 0 radical (unpaired) electrons. The van der Waals surface area contributed by atoms with Gasteiger partial charge in [-0.1, -0.05) is 5.92 Å². The van der Waals surface area contributed by atoms with E-state index in [1.165, 1.54) is 10.9 Å². The minimum Gasteiger partial charge on any atom is -0.386 e. The highest BCUT2D eigenvalue weighted by atomic mass is 31.3. The summed E-state index contributed by atoms with van der Waals surface area (Å²) >= 11 is 0. The molecule has 16 nitrogen and oxygen atoms in total. The second-order valence-corrected chi connectivity index (χ2v) is 10.7. The van der Waals surface area contributed by atoms with Gasteiger partial charge < -0.3 is 29.4 Å². The Morgan fingerprint density at radius 2 is 1.82 bits per heavy atom. The van der Waals surface area contributed by atoms with E-state index in [-0.39, 0.29) is 10.8 Å². The van der Waals surface area contributed by atoms with E-state index in [4.69, 9.17) is 25.8 Å². The van der Waals surface area contributed by atoms with Crippen molar-refractivity contribution >= 4 is 23.5 Å². The van der Waals surface area contributed by atoms with Gasteiger partial charge in [0, 0.05) is 0 Å². The molecular formula is C12H15F2N2O14P3. The first-order valence-electron chi connectivity index (χ1n) is 8.15. The van der Waals surface area contributed by atoms with Crippen LogP contribution in [0, 0.1) is 18.2 Å². The van der Waals surface area contributed by atoms with Crippen molar-refractivity contribution in [3.63, 3.8) is 0 Å². The number of phosphoric ester groups is 1. The van der Waals surface area contributed by atoms with Crippen molar-refractivity contribution in [2.75, 3.05) is 0 Å². The summed E-state index contributed by atoms with van der Waals surface area (Å²) < 4.78 is 79.5. The number of rotatable bonds is 8. The van der Waals surface area contributed by atoms with Gasteiger partial charge in [-0.3, -0.25) is 18.9 Å². The van der Waals surface area contributed by atoms with Gasteiger partial charge >= 0.3 is 29.2 Å². The van der Waals surface area contributed by atoms with E-state index >= 15 is 4.39 Å². The zero-order chi connectivity index (χ0) is 25.6. The summed E-state index contributed by atoms with van der Waals surface area (Å²) in [4.78, 5) is 60.3. The minimum absolute atomic E-state index is 0.150. The molecule has 1 aliphatic heterocycles. The van der Waals surface area contributed by atoms with Crippen LogP contribution in [0.2, 0.25) is 0 Å². The SMILES string of the molecule is C#CC1(F)C(O)[C@@H]([C@H](C)OP(=O)(O)OP(=O)(O)OP(=O)(O)O)O[C@H]1n1cc(F)c(=O)[nH]c1=O. The lowest BCUT2D eigenvalue weighted by molar-refractivity contribution is -0.0783. The first-order valence-corrected chi connectivity index (χ1v) is 12.7. The predicted octanol–water partition coefficient (Wildman–Crippen LogP) is -0.993. The van der Waals surface area contributed by atoms with Crippen LogP contribution in [0.15, 0.2) is 15.8 Å². The average Bonchev–Trinajstić information content (AvgIpc) is 2.87. The van der Waals surface area contributed by atoms with Crippen molar-refractivity contribution in [3.8, 4) is 12.3 Å². The molecule has 1 aromatic heterocycles. The number of ether oxygens (including phenoxy) is 1. The average molecular weight is 542 g/mol. The van der Waals surface area contributed by atoms with Crippen molar-refractivity contribution < 1.29 is 65.0 Å². The van der Waals surface area contributed by atoms with Crippen LogP contribution in [-0.4, -0.2) is 58.2 Å². The van der Waals surface area contributed by atoms with Crippen LogP contribution in [-0.2, 0) is 31.6 Å². The molecule has 4 unspecified atom stereocenters. The van der Waals surface area contributed by atoms with E-state index in [2.05, 4.69) is 13.1 Å². The number of hydrogen-bond donors (Lipinski definition) is 6. The zero-order valence-corrected chi connectivity index (χ0v) is 18.6. The van der Waals surface area contributed by atoms with Gasteiger partial charge in [0.2, 0.25) is 11.5 Å². The number of H-pyrrole nitrogens is 1. The number of halogens is 2. The van der Waals surface area contributed by atoms with Crippen LogP contribution < -0.4 is 11.2 Å². The number of aliphatic hydroxyl groups excluding tert-OH is 1. The number of terminal acetylenes is 1. The van der Waals surface area contributed by atoms with Crippen molar-refractivity contribution in [3.05, 3.63) is 32.9 Å². The second-order valence-electron chi connectivity index (χ2n) is 6.36. The molecule has 7 atom stereocenters. The molecule has 0 aromatic carbocycles. The Kier molecular flexibility index (Phi) is 7.74. The summed E-state index contributed by atoms with van der Waals surface area (Å²) in [5, 5.41) is 10.3. The standard InChI is InChI=1S/C12H15F2N2O14P3/c1-3-12(14)8(17)7(27-10(12)16-4-6(13)9(18)15-11(16)19)5(2)28-32(23,24)30-33(25,26)29-31(20,21)22/h1,4-5,7-8,10,17H,2H3,(H,23,24)(H,25,26)(H,15,18,19)(H2,20,21,22)/t5-,7+,8?,10+,12?/m0/s1. The van der Waals surface area contributed by atoms with Crippen molar-refractivity contribution in [1.29, 1.82) is 0 Å². The third-order valence-electron chi connectivity index (χ3n) is 3.96. The maximum Gasteiger partial charge on any atom is 0.490 e. The molecule has 2 rings (SSSR count). The maximum absolute atomic E-state index is 15.3. The molecule has 0 bridgehead atoms. The molecule has 21 heteroatoms. The van der Waals surface area contributed by atoms with Crippen LogP contribution in [0.5, 0.6) is 0 Å². The fraction of sp³-hybridized carbons (Fsp3) is 0.500. The molecule has 0 saturated carbocycles. The molecule has 0 spiro atoms. The normalized spacial score (nSPS) is 30.2. The van der Waals surface area contributed by atoms with E-state index in [0.717, 1.165) is 6.92 Å². The smallest absolute Gasteiger partial charge is 0.386 e. The Balaban J connectivity index is 2.31. The minimum atomic E-state index is -5.88. The molecule has 186 valence electrons. The molecule has 1 saturated heterocycles. The molecular weight excluding hydrogens is 527 g/mol. The summed E-state index contributed by atoms with van der Waals surface area (Å²) in [5.41, 5.74) is -6.16. The van der Waals surface area contributed by atoms with Gasteiger partial charge in [0.15, 0.2) is 6.23 Å². The monoisotopic (exact) mass is 542 g/mol. The van der Waals surface area contributed by atoms with E-state index in [9.17, 15) is 37.7 Å². The van der Waals surface area contributed by atoms with E-state index in [1.807, 2.05) is 0 Å². The topological polar surface area (TPSA) is 244 Å². The summed E-state index contributed by atoms with van der Waals surface area (Å²) in [7, 11) is -17.3. The predicted molar refractivity (Wildman–Crippen MR) is 98.3 cm³/mol. The summed E-state index contributed by atoms with van der Waals surface area (Å²) in [6.07, 6.45) is -3.42. The van der Waals surface area contributed by atoms with E-state index < -0.39 is 70.7 Å². The van der Waals surface area contributed by atoms with Gasteiger partial charge in [0.05, 0.1) is 12.3 Å². The first kappa shape index (κ1) is 27.7. The van der Waals surface area contributed by atoms with Crippen LogP contribution in [0.1, 0.15) is 13.2 Å². The summed E-state index contributed by atoms with van der Waals surface area (Å²) in [5.74, 6) is -0.0722. The van der Waals surface area contributed by atoms with Crippen LogP contribution in [0.4, 0.5) is 8.78 Å². The first-order chi connectivity index (χ1) is 14.8. The van der Waals surface area contributed by atoms with Gasteiger partial charge in [-0.15, -0.1) is 6.42 Å². The molecule has 2 heterocycles. The fourth-order valence-electron chi connectivity index (χ4n) is 2.70. The Morgan fingerprint density at radius 1 is 1.24 bits per heavy atom. The highest BCUT2D eigenvalue weighted by Crippen LogP contribution is 2.66. The van der Waals surface area contributed by atoms with Crippen molar-refractivity contribution in [2.24, 2.45) is 0 Å². The van der Waals surface area contributed by atoms with Gasteiger partial charge in [-0.05, 0) is 6.92 Å². The number of aromatic amines is 1. The highest BCUT2D eigenvalue weighted by molar-refractivity contribution is 7.66. The second kappa shape index (κ2) is 9.23. The van der Waals surface area contributed by atoms with Crippen LogP contribution in [0.3, 0.4) is 0 Å². The highest BCUT2D eigenvalue weighted by Gasteiger charge is 2.60. The summed E-state index contributed by atoms with van der Waals surface area (Å²) in [6, 6.07) is 0. The molecule has 1 aliphatic rings. The number of nitrogens with zero attached hydrogens (tertiary/aromatic N) is 1. The quantitative estimate of drug-likeness (QED) is 0.171. The number of phosphoric acid groups is 3. The lowest BCUT2D eigenvalue weighted by Crippen LogP contribution is -2.46. The fourth-order valence-corrected chi connectivity index (χ4v) is 5.90. The van der Waals surface area contributed by atoms with Gasteiger partial charge in [-0.2, -0.15) is 13.0 Å². The van der Waals surface area contributed by atoms with Crippen molar-refractivity contribution in [2.45, 2.75) is 37.1 Å². The third-order valence-corrected chi connectivity index (χ3v) is 7.89. The Hall–Kier alpha value is -1.57. The number of aromatic nitrogens is 2. The molecule has 1 aromatic rings. The lowest BCUT2D eigenvalue weighted by Gasteiger charge is -2.25. The Labute approximate surface area is 181 Å². The van der Waals surface area contributed by atoms with Crippen molar-refractivity contribution in [1.82, 2.24) is 9.55 Å².